The van der Waals surface area contributed by atoms with Gasteiger partial charge in [0, 0.05) is 12.8 Å². The molecule has 54 heavy (non-hydrogen) atoms. The van der Waals surface area contributed by atoms with Gasteiger partial charge >= 0.3 is 5.97 Å². The van der Waals surface area contributed by atoms with E-state index in [0.29, 0.717) is 32.0 Å². The summed E-state index contributed by atoms with van der Waals surface area (Å²) in [5.41, 5.74) is 0. The molecular weight excluding hydrogens is 669 g/mol. The van der Waals surface area contributed by atoms with Gasteiger partial charge in [0.2, 0.25) is 5.91 Å². The van der Waals surface area contributed by atoms with E-state index in [1.807, 2.05) is 5.06 Å². The molecule has 0 aromatic heterocycles. The number of esters is 1. The first kappa shape index (κ1) is 52.9. The molecule has 0 fully saturated rings. The molecule has 6 nitrogen and oxygen atoms in total. The van der Waals surface area contributed by atoms with E-state index in [1.165, 1.54) is 154 Å². The Morgan fingerprint density at radius 1 is 0.463 bits per heavy atom. The van der Waals surface area contributed by atoms with Crippen molar-refractivity contribution >= 4 is 11.9 Å². The lowest BCUT2D eigenvalue weighted by atomic mass is 9.95. The second-order valence-electron chi connectivity index (χ2n) is 17.1. The SMILES string of the molecule is CCCCCCCCCCC(CCCCCC(=O)OCC(CCCCCC)CCCCCCCC)N(OCCCN(C)C)C(=O)CCCCCCCCC. The second-order valence-corrected chi connectivity index (χ2v) is 17.1. The molecule has 0 N–H and O–H groups in total. The number of nitrogens with zero attached hydrogens (tertiary/aromatic N) is 2. The molecule has 0 spiro atoms. The van der Waals surface area contributed by atoms with Crippen LogP contribution in [0.5, 0.6) is 0 Å². The Balaban J connectivity index is 5.10. The molecule has 0 radical (unpaired) electrons. The van der Waals surface area contributed by atoms with Gasteiger partial charge in [-0.3, -0.25) is 14.4 Å². The number of carbonyl (C=O) groups excluding carboxylic acids is 2. The summed E-state index contributed by atoms with van der Waals surface area (Å²) < 4.78 is 5.89. The van der Waals surface area contributed by atoms with Crippen molar-refractivity contribution in [3.05, 3.63) is 0 Å². The van der Waals surface area contributed by atoms with Crippen molar-refractivity contribution in [3.63, 3.8) is 0 Å². The third kappa shape index (κ3) is 35.3. The van der Waals surface area contributed by atoms with Crippen LogP contribution in [-0.2, 0) is 19.2 Å². The quantitative estimate of drug-likeness (QED) is 0.0351. The minimum atomic E-state index is -0.0253. The van der Waals surface area contributed by atoms with Crippen molar-refractivity contribution in [2.45, 2.75) is 258 Å². The maximum Gasteiger partial charge on any atom is 0.305 e. The predicted octanol–water partition coefficient (Wildman–Crippen LogP) is 14.6. The number of hydroxylamine groups is 2. The minimum Gasteiger partial charge on any atom is -0.465 e. The fourth-order valence-electron chi connectivity index (χ4n) is 7.65. The zero-order valence-corrected chi connectivity index (χ0v) is 37.6. The molecule has 0 saturated carbocycles. The summed E-state index contributed by atoms with van der Waals surface area (Å²) in [6.45, 7) is 11.2. The van der Waals surface area contributed by atoms with Crippen LogP contribution < -0.4 is 0 Å². The average Bonchev–Trinajstić information content (AvgIpc) is 3.16. The standard InChI is InChI=1S/C48H96N2O4/c1-7-11-15-19-22-24-26-31-38-46(50(54-43-35-42-49(5)6)47(51)40-33-27-23-20-16-12-8-2)39-32-28-34-41-48(52)53-44-45(36-29-18-14-10-4)37-30-25-21-17-13-9-3/h45-46H,7-44H2,1-6H3. The third-order valence-corrected chi connectivity index (χ3v) is 11.3. The van der Waals surface area contributed by atoms with Crippen molar-refractivity contribution in [1.29, 1.82) is 0 Å². The van der Waals surface area contributed by atoms with E-state index in [0.717, 1.165) is 64.3 Å². The first-order valence-corrected chi connectivity index (χ1v) is 24.1. The number of unbranched alkanes of at least 4 members (excludes halogenated alkanes) is 23. The maximum absolute atomic E-state index is 13.7. The van der Waals surface area contributed by atoms with Gasteiger partial charge < -0.3 is 9.64 Å². The van der Waals surface area contributed by atoms with Gasteiger partial charge in [-0.1, -0.05) is 195 Å². The van der Waals surface area contributed by atoms with Crippen LogP contribution in [-0.4, -0.2) is 61.7 Å². The molecule has 0 aromatic carbocycles. The van der Waals surface area contributed by atoms with E-state index in [2.05, 4.69) is 46.7 Å². The largest absolute Gasteiger partial charge is 0.465 e. The Morgan fingerprint density at radius 3 is 1.33 bits per heavy atom. The summed E-state index contributed by atoms with van der Waals surface area (Å²) in [7, 11) is 4.18. The van der Waals surface area contributed by atoms with Gasteiger partial charge in [0.15, 0.2) is 0 Å². The molecule has 2 atom stereocenters. The highest BCUT2D eigenvalue weighted by Gasteiger charge is 2.24. The average molecular weight is 765 g/mol. The fraction of sp³-hybridized carbons (Fsp3) is 0.958. The van der Waals surface area contributed by atoms with Crippen LogP contribution in [0.15, 0.2) is 0 Å². The zero-order valence-electron chi connectivity index (χ0n) is 37.6. The molecule has 0 rings (SSSR count). The van der Waals surface area contributed by atoms with Crippen LogP contribution >= 0.6 is 0 Å². The van der Waals surface area contributed by atoms with Crippen LogP contribution in [0.25, 0.3) is 0 Å². The topological polar surface area (TPSA) is 59.1 Å². The summed E-state index contributed by atoms with van der Waals surface area (Å²) in [5, 5.41) is 1.83. The van der Waals surface area contributed by atoms with Crippen molar-refractivity contribution < 1.29 is 19.2 Å². The molecule has 1 amide bonds. The number of carbonyl (C=O) groups is 2. The predicted molar refractivity (Wildman–Crippen MR) is 234 cm³/mol. The van der Waals surface area contributed by atoms with Gasteiger partial charge in [-0.25, -0.2) is 5.06 Å². The molecule has 322 valence electrons. The Kier molecular flexibility index (Phi) is 40.6. The molecule has 0 aromatic rings. The Bertz CT molecular complexity index is 791. The first-order valence-electron chi connectivity index (χ1n) is 24.1. The number of amides is 1. The zero-order chi connectivity index (χ0) is 39.7. The lowest BCUT2D eigenvalue weighted by Gasteiger charge is -2.31. The molecule has 0 heterocycles. The van der Waals surface area contributed by atoms with Crippen LogP contribution in [0.1, 0.15) is 252 Å². The summed E-state index contributed by atoms with van der Waals surface area (Å²) >= 11 is 0. The van der Waals surface area contributed by atoms with Crippen LogP contribution in [0.3, 0.4) is 0 Å². The van der Waals surface area contributed by atoms with Crippen molar-refractivity contribution in [2.75, 3.05) is 33.9 Å². The van der Waals surface area contributed by atoms with Crippen LogP contribution in [0.4, 0.5) is 0 Å². The van der Waals surface area contributed by atoms with Crippen LogP contribution in [0, 0.1) is 5.92 Å². The summed E-state index contributed by atoms with van der Waals surface area (Å²) in [4.78, 5) is 35.1. The fourth-order valence-corrected chi connectivity index (χ4v) is 7.65. The summed E-state index contributed by atoms with van der Waals surface area (Å²) in [6, 6.07) is 0.115. The number of hydrogen-bond donors (Lipinski definition) is 0. The maximum atomic E-state index is 13.7. The molecule has 6 heteroatoms. The smallest absolute Gasteiger partial charge is 0.305 e. The van der Waals surface area contributed by atoms with E-state index in [-0.39, 0.29) is 17.9 Å². The van der Waals surface area contributed by atoms with E-state index < -0.39 is 0 Å². The summed E-state index contributed by atoms with van der Waals surface area (Å²) in [6.07, 6.45) is 41.0. The molecular formula is C48H96N2O4. The lowest BCUT2D eigenvalue weighted by molar-refractivity contribution is -0.203. The van der Waals surface area contributed by atoms with E-state index in [9.17, 15) is 9.59 Å². The highest BCUT2D eigenvalue weighted by atomic mass is 16.7. The Labute approximate surface area is 338 Å². The lowest BCUT2D eigenvalue weighted by Crippen LogP contribution is -2.41. The molecule has 0 aliphatic rings. The normalized spacial score (nSPS) is 12.7. The van der Waals surface area contributed by atoms with E-state index in [1.54, 1.807) is 0 Å². The van der Waals surface area contributed by atoms with Gasteiger partial charge in [0.1, 0.15) is 0 Å². The molecule has 2 unspecified atom stereocenters. The monoisotopic (exact) mass is 765 g/mol. The molecule has 0 aliphatic carbocycles. The molecule has 0 saturated heterocycles. The van der Waals surface area contributed by atoms with Crippen LogP contribution in [0.2, 0.25) is 0 Å². The Hall–Kier alpha value is -1.14. The van der Waals surface area contributed by atoms with Gasteiger partial charge in [0.25, 0.3) is 0 Å². The highest BCUT2D eigenvalue weighted by molar-refractivity contribution is 5.75. The van der Waals surface area contributed by atoms with Crippen molar-refractivity contribution in [1.82, 2.24) is 9.96 Å². The van der Waals surface area contributed by atoms with Crippen molar-refractivity contribution in [3.8, 4) is 0 Å². The van der Waals surface area contributed by atoms with Gasteiger partial charge in [0.05, 0.1) is 19.3 Å². The van der Waals surface area contributed by atoms with Crippen molar-refractivity contribution in [2.24, 2.45) is 5.92 Å². The number of rotatable bonds is 43. The molecule has 0 bridgehead atoms. The van der Waals surface area contributed by atoms with Gasteiger partial charge in [-0.15, -0.1) is 0 Å². The second kappa shape index (κ2) is 41.5. The van der Waals surface area contributed by atoms with Gasteiger partial charge in [-0.2, -0.15) is 0 Å². The third-order valence-electron chi connectivity index (χ3n) is 11.3. The van der Waals surface area contributed by atoms with E-state index >= 15 is 0 Å². The van der Waals surface area contributed by atoms with E-state index in [4.69, 9.17) is 9.57 Å². The molecule has 0 aliphatic heterocycles. The Morgan fingerprint density at radius 2 is 0.852 bits per heavy atom. The number of hydrogen-bond acceptors (Lipinski definition) is 5. The van der Waals surface area contributed by atoms with Gasteiger partial charge in [-0.05, 0) is 71.5 Å². The minimum absolute atomic E-state index is 0.0253. The number of ether oxygens (including phenoxy) is 1. The summed E-state index contributed by atoms with van der Waals surface area (Å²) in [5.74, 6) is 0.658. The first-order chi connectivity index (χ1) is 26.4. The highest BCUT2D eigenvalue weighted by Crippen LogP contribution is 2.23.